The van der Waals surface area contributed by atoms with Gasteiger partial charge in [0.15, 0.2) is 0 Å². The van der Waals surface area contributed by atoms with Gasteiger partial charge in [-0.2, -0.15) is 0 Å². The van der Waals surface area contributed by atoms with Crippen LogP contribution >= 0.6 is 23.2 Å². The van der Waals surface area contributed by atoms with Gasteiger partial charge in [-0.15, -0.1) is 0 Å². The highest BCUT2D eigenvalue weighted by atomic mass is 35.5. The third-order valence-electron chi connectivity index (χ3n) is 3.11. The molecule has 0 amide bonds. The Morgan fingerprint density at radius 3 is 2.36 bits per heavy atom. The summed E-state index contributed by atoms with van der Waals surface area (Å²) in [6.45, 7) is 0.632. The Bertz CT molecular complexity index is 778. The van der Waals surface area contributed by atoms with Crippen molar-refractivity contribution in [1.82, 2.24) is 15.0 Å². The molecule has 0 radical (unpaired) electrons. The van der Waals surface area contributed by atoms with Crippen molar-refractivity contribution in [2.75, 3.05) is 5.32 Å². The van der Waals surface area contributed by atoms with E-state index in [-0.39, 0.29) is 0 Å². The van der Waals surface area contributed by atoms with E-state index >= 15 is 0 Å². The molecule has 0 fully saturated rings. The van der Waals surface area contributed by atoms with Crippen LogP contribution in [0.3, 0.4) is 0 Å². The number of rotatable bonds is 4. The van der Waals surface area contributed by atoms with Gasteiger partial charge >= 0.3 is 0 Å². The molecule has 3 aromatic rings. The van der Waals surface area contributed by atoms with Crippen LogP contribution in [0.25, 0.3) is 11.1 Å². The number of nitrogens with zero attached hydrogens (tertiary/aromatic N) is 3. The van der Waals surface area contributed by atoms with Crippen LogP contribution < -0.4 is 5.32 Å². The predicted octanol–water partition coefficient (Wildman–Crippen LogP) is 4.46. The van der Waals surface area contributed by atoms with Gasteiger partial charge in [0.1, 0.15) is 6.33 Å². The number of halogens is 2. The molecule has 0 bridgehead atoms. The highest BCUT2D eigenvalue weighted by molar-refractivity contribution is 6.42. The van der Waals surface area contributed by atoms with Crippen LogP contribution in [0.4, 0.5) is 5.69 Å². The van der Waals surface area contributed by atoms with Crippen LogP contribution in [0, 0.1) is 0 Å². The highest BCUT2D eigenvalue weighted by Gasteiger charge is 2.02. The van der Waals surface area contributed by atoms with Crippen LogP contribution in [0.5, 0.6) is 0 Å². The first-order valence-corrected chi connectivity index (χ1v) is 7.36. The quantitative estimate of drug-likeness (QED) is 0.767. The smallest absolute Gasteiger partial charge is 0.115 e. The molecule has 0 spiro atoms. The molecule has 3 rings (SSSR count). The van der Waals surface area contributed by atoms with Crippen molar-refractivity contribution in [3.05, 3.63) is 71.0 Å². The molecule has 0 aliphatic rings. The zero-order chi connectivity index (χ0) is 15.4. The lowest BCUT2D eigenvalue weighted by atomic mass is 10.1. The fourth-order valence-corrected chi connectivity index (χ4v) is 2.32. The SMILES string of the molecule is Clc1ccc(CNc2cncc(-c3cncnc3)c2)cc1Cl. The first kappa shape index (κ1) is 14.8. The molecule has 22 heavy (non-hydrogen) atoms. The van der Waals surface area contributed by atoms with E-state index in [0.29, 0.717) is 16.6 Å². The molecule has 0 aliphatic carbocycles. The standard InChI is InChI=1S/C16H12Cl2N4/c17-15-2-1-11(3-16(15)18)5-22-14-4-12(6-19-9-14)13-7-20-10-21-8-13/h1-4,6-10,22H,5H2. The molecular weight excluding hydrogens is 319 g/mol. The number of benzene rings is 1. The second kappa shape index (κ2) is 6.73. The van der Waals surface area contributed by atoms with E-state index in [1.165, 1.54) is 6.33 Å². The third-order valence-corrected chi connectivity index (χ3v) is 3.85. The monoisotopic (exact) mass is 330 g/mol. The van der Waals surface area contributed by atoms with E-state index in [0.717, 1.165) is 22.4 Å². The molecule has 0 saturated heterocycles. The van der Waals surface area contributed by atoms with Crippen molar-refractivity contribution in [3.8, 4) is 11.1 Å². The lowest BCUT2D eigenvalue weighted by molar-refractivity contribution is 1.13. The molecular formula is C16H12Cl2N4. The van der Waals surface area contributed by atoms with Crippen molar-refractivity contribution < 1.29 is 0 Å². The van der Waals surface area contributed by atoms with Gasteiger partial charge in [0.25, 0.3) is 0 Å². The van der Waals surface area contributed by atoms with Gasteiger partial charge in [-0.05, 0) is 23.8 Å². The Morgan fingerprint density at radius 1 is 0.818 bits per heavy atom. The van der Waals surface area contributed by atoms with Crippen LogP contribution in [0.15, 0.2) is 55.4 Å². The van der Waals surface area contributed by atoms with Crippen molar-refractivity contribution in [2.45, 2.75) is 6.54 Å². The molecule has 0 unspecified atom stereocenters. The maximum absolute atomic E-state index is 6.01. The largest absolute Gasteiger partial charge is 0.380 e. The van der Waals surface area contributed by atoms with Gasteiger partial charge in [-0.25, -0.2) is 9.97 Å². The molecule has 2 heterocycles. The Labute approximate surface area is 138 Å². The summed E-state index contributed by atoms with van der Waals surface area (Å²) in [4.78, 5) is 12.3. The summed E-state index contributed by atoms with van der Waals surface area (Å²) in [6, 6.07) is 7.57. The van der Waals surface area contributed by atoms with Crippen molar-refractivity contribution >= 4 is 28.9 Å². The Morgan fingerprint density at radius 2 is 1.59 bits per heavy atom. The lowest BCUT2D eigenvalue weighted by Gasteiger charge is -2.08. The molecule has 4 nitrogen and oxygen atoms in total. The maximum Gasteiger partial charge on any atom is 0.115 e. The minimum atomic E-state index is 0.550. The summed E-state index contributed by atoms with van der Waals surface area (Å²) in [5.41, 5.74) is 3.84. The summed E-state index contributed by atoms with van der Waals surface area (Å²) < 4.78 is 0. The normalized spacial score (nSPS) is 10.5. The maximum atomic E-state index is 6.01. The van der Waals surface area contributed by atoms with Crippen LogP contribution in [-0.2, 0) is 6.54 Å². The summed E-state index contributed by atoms with van der Waals surface area (Å²) in [7, 11) is 0. The average Bonchev–Trinajstić information content (AvgIpc) is 2.57. The first-order chi connectivity index (χ1) is 10.7. The summed E-state index contributed by atoms with van der Waals surface area (Å²) in [6.07, 6.45) is 8.57. The minimum Gasteiger partial charge on any atom is -0.380 e. The fraction of sp³-hybridized carbons (Fsp3) is 0.0625. The van der Waals surface area contributed by atoms with Crippen molar-refractivity contribution in [3.63, 3.8) is 0 Å². The summed E-state index contributed by atoms with van der Waals surface area (Å²) in [5.74, 6) is 0. The van der Waals surface area contributed by atoms with Gasteiger partial charge in [0.05, 0.1) is 15.7 Å². The number of aromatic nitrogens is 3. The molecule has 0 atom stereocenters. The third kappa shape index (κ3) is 3.53. The fourth-order valence-electron chi connectivity index (χ4n) is 2.00. The molecule has 2 aromatic heterocycles. The first-order valence-electron chi connectivity index (χ1n) is 6.60. The molecule has 0 saturated carbocycles. The van der Waals surface area contributed by atoms with E-state index < -0.39 is 0 Å². The average molecular weight is 331 g/mol. The van der Waals surface area contributed by atoms with Gasteiger partial charge in [-0.3, -0.25) is 4.98 Å². The number of nitrogens with one attached hydrogen (secondary N) is 1. The van der Waals surface area contributed by atoms with E-state index in [4.69, 9.17) is 23.2 Å². The molecule has 110 valence electrons. The molecule has 6 heteroatoms. The van der Waals surface area contributed by atoms with E-state index in [9.17, 15) is 0 Å². The van der Waals surface area contributed by atoms with Crippen molar-refractivity contribution in [2.24, 2.45) is 0 Å². The predicted molar refractivity (Wildman–Crippen MR) is 89.1 cm³/mol. The van der Waals surface area contributed by atoms with Crippen molar-refractivity contribution in [1.29, 1.82) is 0 Å². The summed E-state index contributed by atoms with van der Waals surface area (Å²) in [5, 5.41) is 4.42. The number of pyridine rings is 1. The number of anilines is 1. The van der Waals surface area contributed by atoms with Crippen LogP contribution in [0.1, 0.15) is 5.56 Å². The highest BCUT2D eigenvalue weighted by Crippen LogP contribution is 2.24. The van der Waals surface area contributed by atoms with Gasteiger partial charge in [0, 0.05) is 42.5 Å². The van der Waals surface area contributed by atoms with Gasteiger partial charge in [0.2, 0.25) is 0 Å². The van der Waals surface area contributed by atoms with E-state index in [1.807, 2.05) is 18.2 Å². The lowest BCUT2D eigenvalue weighted by Crippen LogP contribution is -2.00. The second-order valence-corrected chi connectivity index (χ2v) is 5.51. The zero-order valence-corrected chi connectivity index (χ0v) is 13.0. The van der Waals surface area contributed by atoms with Crippen LogP contribution in [-0.4, -0.2) is 15.0 Å². The second-order valence-electron chi connectivity index (χ2n) is 4.69. The Kier molecular flexibility index (Phi) is 4.51. The molecule has 1 aromatic carbocycles. The van der Waals surface area contributed by atoms with E-state index in [1.54, 1.807) is 30.9 Å². The van der Waals surface area contributed by atoms with Gasteiger partial charge in [-0.1, -0.05) is 29.3 Å². The zero-order valence-electron chi connectivity index (χ0n) is 11.5. The number of hydrogen-bond donors (Lipinski definition) is 1. The summed E-state index contributed by atoms with van der Waals surface area (Å²) >= 11 is 11.9. The Hall–Kier alpha value is -2.17. The van der Waals surface area contributed by atoms with Crippen LogP contribution in [0.2, 0.25) is 10.0 Å². The number of hydrogen-bond acceptors (Lipinski definition) is 4. The molecule has 1 N–H and O–H groups in total. The van der Waals surface area contributed by atoms with Gasteiger partial charge < -0.3 is 5.32 Å². The minimum absolute atomic E-state index is 0.550. The topological polar surface area (TPSA) is 50.7 Å². The molecule has 0 aliphatic heterocycles. The van der Waals surface area contributed by atoms with E-state index in [2.05, 4.69) is 20.3 Å². The Balaban J connectivity index is 1.74.